The molecule has 1 fully saturated rings. The molecule has 1 heterocycles. The van der Waals surface area contributed by atoms with Crippen LogP contribution in [0.15, 0.2) is 41.3 Å². The van der Waals surface area contributed by atoms with Crippen molar-refractivity contribution in [3.8, 4) is 0 Å². The summed E-state index contributed by atoms with van der Waals surface area (Å²) >= 11 is 23.9. The number of hydrogen-bond acceptors (Lipinski definition) is 3. The average molecular weight is 468 g/mol. The van der Waals surface area contributed by atoms with Gasteiger partial charge in [-0.15, -0.1) is 0 Å². The van der Waals surface area contributed by atoms with E-state index < -0.39 is 10.0 Å². The lowest BCUT2D eigenvalue weighted by Gasteiger charge is -2.34. The lowest BCUT2D eigenvalue weighted by atomic mass is 10.2. The molecule has 1 saturated heterocycles. The number of rotatable bonds is 3. The molecule has 5 nitrogen and oxygen atoms in total. The van der Waals surface area contributed by atoms with E-state index in [1.54, 1.807) is 23.1 Å². The average Bonchev–Trinajstić information content (AvgIpc) is 2.63. The van der Waals surface area contributed by atoms with Crippen LogP contribution in [0.1, 0.15) is 10.4 Å². The third-order valence-electron chi connectivity index (χ3n) is 4.21. The minimum Gasteiger partial charge on any atom is -0.336 e. The third kappa shape index (κ3) is 4.21. The third-order valence-corrected chi connectivity index (χ3v) is 7.80. The first-order chi connectivity index (χ1) is 12.7. The second-order valence-corrected chi connectivity index (χ2v) is 9.38. The van der Waals surface area contributed by atoms with E-state index in [0.29, 0.717) is 10.6 Å². The monoisotopic (exact) mass is 466 g/mol. The van der Waals surface area contributed by atoms with Crippen molar-refractivity contribution >= 4 is 62.3 Å². The fraction of sp³-hybridized carbons (Fsp3) is 0.235. The molecule has 27 heavy (non-hydrogen) atoms. The molecule has 2 aromatic carbocycles. The van der Waals surface area contributed by atoms with Gasteiger partial charge in [-0.1, -0.05) is 52.5 Å². The van der Waals surface area contributed by atoms with Gasteiger partial charge >= 0.3 is 0 Å². The van der Waals surface area contributed by atoms with Crippen LogP contribution in [0, 0.1) is 0 Å². The summed E-state index contributed by atoms with van der Waals surface area (Å²) in [5.74, 6) is -0.235. The highest BCUT2D eigenvalue weighted by atomic mass is 35.5. The van der Waals surface area contributed by atoms with Crippen LogP contribution in [0.3, 0.4) is 0 Å². The largest absolute Gasteiger partial charge is 0.336 e. The van der Waals surface area contributed by atoms with Crippen molar-refractivity contribution in [1.29, 1.82) is 0 Å². The van der Waals surface area contributed by atoms with Gasteiger partial charge in [0.15, 0.2) is 0 Å². The maximum Gasteiger partial charge on any atom is 0.253 e. The summed E-state index contributed by atoms with van der Waals surface area (Å²) in [6.45, 7) is 0.745. The molecule has 0 aliphatic carbocycles. The Hall–Kier alpha value is -1.02. The predicted molar refractivity (Wildman–Crippen MR) is 108 cm³/mol. The van der Waals surface area contributed by atoms with E-state index >= 15 is 0 Å². The number of amides is 1. The molecule has 1 aliphatic rings. The molecule has 0 radical (unpaired) electrons. The maximum absolute atomic E-state index is 12.9. The van der Waals surface area contributed by atoms with Crippen LogP contribution in [0.4, 0.5) is 0 Å². The molecule has 3 rings (SSSR count). The Kier molecular flexibility index (Phi) is 6.25. The number of hydrogen-bond donors (Lipinski definition) is 0. The highest BCUT2D eigenvalue weighted by molar-refractivity contribution is 7.89. The molecule has 0 atom stereocenters. The van der Waals surface area contributed by atoms with Crippen molar-refractivity contribution < 1.29 is 13.2 Å². The van der Waals surface area contributed by atoms with E-state index in [2.05, 4.69) is 0 Å². The maximum atomic E-state index is 12.9. The standard InChI is InChI=1S/C17H14Cl4N2O3S/c18-12-5-4-11(10-15(12)21)17(24)22-6-8-23(9-7-22)27(25,26)16-13(19)2-1-3-14(16)20/h1-5,10H,6-9H2. The topological polar surface area (TPSA) is 57.7 Å². The van der Waals surface area contributed by atoms with E-state index in [0.717, 1.165) is 0 Å². The lowest BCUT2D eigenvalue weighted by Crippen LogP contribution is -2.50. The van der Waals surface area contributed by atoms with Crippen LogP contribution in [0.2, 0.25) is 20.1 Å². The van der Waals surface area contributed by atoms with Crippen LogP contribution in [0.25, 0.3) is 0 Å². The van der Waals surface area contributed by atoms with Gasteiger partial charge in [0.1, 0.15) is 4.90 Å². The van der Waals surface area contributed by atoms with Crippen molar-refractivity contribution in [2.45, 2.75) is 4.90 Å². The molecule has 10 heteroatoms. The van der Waals surface area contributed by atoms with Gasteiger partial charge < -0.3 is 4.90 Å². The molecular weight excluding hydrogens is 454 g/mol. The minimum atomic E-state index is -3.86. The highest BCUT2D eigenvalue weighted by Gasteiger charge is 2.33. The second kappa shape index (κ2) is 8.15. The Balaban J connectivity index is 1.75. The zero-order valence-electron chi connectivity index (χ0n) is 13.8. The Morgan fingerprint density at radius 3 is 1.96 bits per heavy atom. The van der Waals surface area contributed by atoms with Crippen LogP contribution >= 0.6 is 46.4 Å². The molecule has 2 aromatic rings. The van der Waals surface area contributed by atoms with Crippen molar-refractivity contribution in [3.63, 3.8) is 0 Å². The summed E-state index contributed by atoms with van der Waals surface area (Å²) in [5, 5.41) is 0.784. The molecule has 0 unspecified atom stereocenters. The van der Waals surface area contributed by atoms with Crippen molar-refractivity contribution in [2.24, 2.45) is 0 Å². The van der Waals surface area contributed by atoms with Gasteiger partial charge in [0.05, 0.1) is 20.1 Å². The van der Waals surface area contributed by atoms with E-state index in [-0.39, 0.29) is 52.0 Å². The summed E-state index contributed by atoms with van der Waals surface area (Å²) in [4.78, 5) is 14.1. The number of carbonyl (C=O) groups is 1. The summed E-state index contributed by atoms with van der Waals surface area (Å²) in [6, 6.07) is 9.17. The minimum absolute atomic E-state index is 0.0665. The predicted octanol–water partition coefficient (Wildman–Crippen LogP) is 4.45. The normalized spacial score (nSPS) is 15.8. The van der Waals surface area contributed by atoms with Crippen molar-refractivity contribution in [3.05, 3.63) is 62.1 Å². The quantitative estimate of drug-likeness (QED) is 0.670. The fourth-order valence-corrected chi connectivity index (χ4v) is 5.61. The molecular formula is C17H14Cl4N2O3S. The Morgan fingerprint density at radius 2 is 1.41 bits per heavy atom. The van der Waals surface area contributed by atoms with Gasteiger partial charge in [-0.3, -0.25) is 4.79 Å². The van der Waals surface area contributed by atoms with E-state index in [4.69, 9.17) is 46.4 Å². The number of benzene rings is 2. The lowest BCUT2D eigenvalue weighted by molar-refractivity contribution is 0.0698. The molecule has 0 spiro atoms. The highest BCUT2D eigenvalue weighted by Crippen LogP contribution is 2.32. The number of nitrogens with zero attached hydrogens (tertiary/aromatic N) is 2. The summed E-state index contributed by atoms with van der Waals surface area (Å²) in [7, 11) is -3.86. The first kappa shape index (κ1) is 20.7. The van der Waals surface area contributed by atoms with Gasteiger partial charge in [0, 0.05) is 31.7 Å². The van der Waals surface area contributed by atoms with Gasteiger partial charge in [-0.05, 0) is 30.3 Å². The molecule has 1 aliphatic heterocycles. The van der Waals surface area contributed by atoms with Gasteiger partial charge in [-0.2, -0.15) is 4.31 Å². The van der Waals surface area contributed by atoms with Crippen LogP contribution in [0.5, 0.6) is 0 Å². The number of carbonyl (C=O) groups excluding carboxylic acids is 1. The molecule has 0 bridgehead atoms. The Labute approximate surface area is 177 Å². The van der Waals surface area contributed by atoms with Gasteiger partial charge in [-0.25, -0.2) is 8.42 Å². The number of piperazine rings is 1. The summed E-state index contributed by atoms with van der Waals surface area (Å²) < 4.78 is 27.0. The second-order valence-electron chi connectivity index (χ2n) is 5.88. The molecule has 0 N–H and O–H groups in total. The first-order valence-electron chi connectivity index (χ1n) is 7.90. The van der Waals surface area contributed by atoms with E-state index in [9.17, 15) is 13.2 Å². The zero-order valence-corrected chi connectivity index (χ0v) is 17.7. The molecule has 144 valence electrons. The summed E-state index contributed by atoms with van der Waals surface area (Å²) in [6.07, 6.45) is 0. The van der Waals surface area contributed by atoms with Crippen LogP contribution in [-0.2, 0) is 10.0 Å². The van der Waals surface area contributed by atoms with Crippen molar-refractivity contribution in [1.82, 2.24) is 9.21 Å². The Bertz CT molecular complexity index is 969. The van der Waals surface area contributed by atoms with Crippen molar-refractivity contribution in [2.75, 3.05) is 26.2 Å². The molecule has 0 aromatic heterocycles. The van der Waals surface area contributed by atoms with Crippen LogP contribution in [-0.4, -0.2) is 49.7 Å². The van der Waals surface area contributed by atoms with Gasteiger partial charge in [0.2, 0.25) is 10.0 Å². The Morgan fingerprint density at radius 1 is 0.815 bits per heavy atom. The van der Waals surface area contributed by atoms with Crippen LogP contribution < -0.4 is 0 Å². The molecule has 1 amide bonds. The number of sulfonamides is 1. The van der Waals surface area contributed by atoms with Gasteiger partial charge in [0.25, 0.3) is 5.91 Å². The fourth-order valence-electron chi connectivity index (χ4n) is 2.80. The number of halogens is 4. The summed E-state index contributed by atoms with van der Waals surface area (Å²) in [5.41, 5.74) is 0.398. The SMILES string of the molecule is O=C(c1ccc(Cl)c(Cl)c1)N1CCN(S(=O)(=O)c2c(Cl)cccc2Cl)CC1. The zero-order chi connectivity index (χ0) is 19.8. The molecule has 0 saturated carbocycles. The first-order valence-corrected chi connectivity index (χ1v) is 10.9. The van der Waals surface area contributed by atoms with E-state index in [1.807, 2.05) is 0 Å². The smallest absolute Gasteiger partial charge is 0.253 e. The van der Waals surface area contributed by atoms with E-state index in [1.165, 1.54) is 22.5 Å².